The average Bonchev–Trinajstić information content (AvgIpc) is 2.40. The monoisotopic (exact) mass is 278 g/mol. The lowest BCUT2D eigenvalue weighted by atomic mass is 10.2. The van der Waals surface area contributed by atoms with Crippen molar-refractivity contribution in [3.05, 3.63) is 41.5 Å². The molecular weight excluding hydrogens is 268 g/mol. The third kappa shape index (κ3) is 2.41. The summed E-state index contributed by atoms with van der Waals surface area (Å²) in [4.78, 5) is 22.1. The Balaban J connectivity index is 2.65. The molecule has 0 amide bonds. The maximum Gasteiger partial charge on any atom is 0.383 e. The second-order valence-corrected chi connectivity index (χ2v) is 3.66. The lowest BCUT2D eigenvalue weighted by Gasteiger charge is -2.09. The Bertz CT molecular complexity index is 729. The van der Waals surface area contributed by atoms with Crippen LogP contribution in [-0.4, -0.2) is 22.8 Å². The predicted molar refractivity (Wildman–Crippen MR) is 68.1 cm³/mol. The minimum Gasteiger partial charge on any atom is -0.503 e. The summed E-state index contributed by atoms with van der Waals surface area (Å²) in [6.45, 7) is 2.68. The summed E-state index contributed by atoms with van der Waals surface area (Å²) >= 11 is 0. The van der Waals surface area contributed by atoms with Crippen molar-refractivity contribution >= 4 is 16.9 Å². The smallest absolute Gasteiger partial charge is 0.383 e. The third-order valence-corrected chi connectivity index (χ3v) is 2.38. The van der Waals surface area contributed by atoms with Gasteiger partial charge in [0, 0.05) is 0 Å². The molecule has 0 radical (unpaired) electrons. The zero-order chi connectivity index (χ0) is 14.7. The van der Waals surface area contributed by atoms with E-state index in [-0.39, 0.29) is 16.7 Å². The highest BCUT2D eigenvalue weighted by molar-refractivity contribution is 5.91. The van der Waals surface area contributed by atoms with Gasteiger partial charge in [0.15, 0.2) is 12.4 Å². The van der Waals surface area contributed by atoms with Gasteiger partial charge in [-0.05, 0) is 12.1 Å². The number of aliphatic carboxylic acids is 1. The zero-order valence-corrected chi connectivity index (χ0v) is 10.2. The molecule has 0 saturated heterocycles. The molecule has 0 spiro atoms. The largest absolute Gasteiger partial charge is 0.503 e. The second kappa shape index (κ2) is 5.35. The van der Waals surface area contributed by atoms with E-state index >= 15 is 0 Å². The van der Waals surface area contributed by atoms with E-state index in [0.29, 0.717) is 0 Å². The van der Waals surface area contributed by atoms with Crippen molar-refractivity contribution < 1.29 is 28.9 Å². The molecule has 2 N–H and O–H groups in total. The second-order valence-electron chi connectivity index (χ2n) is 3.66. The van der Waals surface area contributed by atoms with Crippen molar-refractivity contribution in [1.29, 1.82) is 0 Å². The summed E-state index contributed by atoms with van der Waals surface area (Å²) in [7, 11) is 0. The number of ether oxygens (including phenoxy) is 2. The Morgan fingerprint density at radius 2 is 2.20 bits per heavy atom. The summed E-state index contributed by atoms with van der Waals surface area (Å²) in [5, 5.41) is 18.7. The number of hydrogen-bond donors (Lipinski definition) is 2. The highest BCUT2D eigenvalue weighted by atomic mass is 16.5. The molecule has 7 nitrogen and oxygen atoms in total. The van der Waals surface area contributed by atoms with E-state index in [1.54, 1.807) is 0 Å². The highest BCUT2D eigenvalue weighted by Crippen LogP contribution is 2.37. The zero-order valence-electron chi connectivity index (χ0n) is 10.2. The Hall–Kier alpha value is -2.96. The molecule has 2 rings (SSSR count). The topological polar surface area (TPSA) is 106 Å². The van der Waals surface area contributed by atoms with Crippen LogP contribution in [0.25, 0.3) is 11.0 Å². The number of carboxylic acid groups (broad SMARTS) is 1. The molecule has 0 saturated carbocycles. The van der Waals surface area contributed by atoms with E-state index in [1.807, 2.05) is 0 Å². The van der Waals surface area contributed by atoms with Crippen LogP contribution >= 0.6 is 0 Å². The number of carboxylic acids is 1. The quantitative estimate of drug-likeness (QED) is 0.630. The summed E-state index contributed by atoms with van der Waals surface area (Å²) in [6, 6.07) is 4.36. The first kappa shape index (κ1) is 13.5. The minimum absolute atomic E-state index is 0.0465. The van der Waals surface area contributed by atoms with E-state index in [2.05, 4.69) is 6.58 Å². The summed E-state index contributed by atoms with van der Waals surface area (Å²) in [5.41, 5.74) is -0.836. The van der Waals surface area contributed by atoms with Gasteiger partial charge in [-0.25, -0.2) is 9.59 Å². The number of fused-ring (bicyclic) bond motifs is 1. The van der Waals surface area contributed by atoms with Gasteiger partial charge in [0.25, 0.3) is 5.75 Å². The van der Waals surface area contributed by atoms with Crippen molar-refractivity contribution in [3.63, 3.8) is 0 Å². The van der Waals surface area contributed by atoms with Gasteiger partial charge in [-0.15, -0.1) is 0 Å². The number of carbonyl (C=O) groups is 1. The molecule has 0 aliphatic heterocycles. The van der Waals surface area contributed by atoms with Crippen LogP contribution in [0.3, 0.4) is 0 Å². The standard InChI is InChI=1S/C13H10O7/c1-2-18-12-11(16)10-7(19-6-9(14)15)4-3-5-8(10)20-13(12)17/h2-5,16H,1,6H2,(H,14,15). The molecule has 1 aromatic carbocycles. The van der Waals surface area contributed by atoms with Crippen LogP contribution in [0.2, 0.25) is 0 Å². The normalized spacial score (nSPS) is 10.2. The van der Waals surface area contributed by atoms with E-state index in [1.165, 1.54) is 18.2 Å². The van der Waals surface area contributed by atoms with Crippen molar-refractivity contribution in [1.82, 2.24) is 0 Å². The molecule has 2 aromatic rings. The molecular formula is C13H10O7. The molecule has 104 valence electrons. The lowest BCUT2D eigenvalue weighted by Crippen LogP contribution is -2.10. The molecule has 0 aliphatic carbocycles. The molecule has 20 heavy (non-hydrogen) atoms. The van der Waals surface area contributed by atoms with Crippen molar-refractivity contribution in [2.24, 2.45) is 0 Å². The maximum atomic E-state index is 11.6. The van der Waals surface area contributed by atoms with Crippen LogP contribution in [0.15, 0.2) is 40.3 Å². The SMILES string of the molecule is C=COc1c(O)c2c(OCC(=O)O)cccc2oc1=O. The first-order chi connectivity index (χ1) is 9.54. The molecule has 1 heterocycles. The van der Waals surface area contributed by atoms with E-state index in [9.17, 15) is 14.7 Å². The first-order valence-corrected chi connectivity index (χ1v) is 5.45. The van der Waals surface area contributed by atoms with Crippen molar-refractivity contribution in [2.45, 2.75) is 0 Å². The first-order valence-electron chi connectivity index (χ1n) is 5.45. The molecule has 7 heteroatoms. The number of hydrogen-bond acceptors (Lipinski definition) is 6. The van der Waals surface area contributed by atoms with Gasteiger partial charge in [-0.2, -0.15) is 0 Å². The average molecular weight is 278 g/mol. The van der Waals surface area contributed by atoms with Gasteiger partial charge in [0.2, 0.25) is 0 Å². The van der Waals surface area contributed by atoms with Gasteiger partial charge in [0.1, 0.15) is 16.7 Å². The van der Waals surface area contributed by atoms with Gasteiger partial charge >= 0.3 is 11.6 Å². The van der Waals surface area contributed by atoms with Gasteiger partial charge in [0.05, 0.1) is 6.26 Å². The van der Waals surface area contributed by atoms with Gasteiger partial charge < -0.3 is 24.1 Å². The van der Waals surface area contributed by atoms with Crippen LogP contribution in [0.1, 0.15) is 0 Å². The Morgan fingerprint density at radius 1 is 1.45 bits per heavy atom. The molecule has 0 aliphatic rings. The fourth-order valence-corrected chi connectivity index (χ4v) is 1.63. The molecule has 0 bridgehead atoms. The Labute approximate surface area is 112 Å². The summed E-state index contributed by atoms with van der Waals surface area (Å²) in [6.07, 6.45) is 0.957. The van der Waals surface area contributed by atoms with Crippen LogP contribution in [0.5, 0.6) is 17.2 Å². The highest BCUT2D eigenvalue weighted by Gasteiger charge is 2.18. The van der Waals surface area contributed by atoms with E-state index in [0.717, 1.165) is 6.26 Å². The van der Waals surface area contributed by atoms with E-state index < -0.39 is 29.7 Å². The molecule has 1 aromatic heterocycles. The predicted octanol–water partition coefficient (Wildman–Crippen LogP) is 1.48. The third-order valence-electron chi connectivity index (χ3n) is 2.38. The van der Waals surface area contributed by atoms with Gasteiger partial charge in [-0.1, -0.05) is 12.6 Å². The lowest BCUT2D eigenvalue weighted by molar-refractivity contribution is -0.139. The van der Waals surface area contributed by atoms with Crippen LogP contribution in [0, 0.1) is 0 Å². The fourth-order valence-electron chi connectivity index (χ4n) is 1.63. The molecule has 0 atom stereocenters. The van der Waals surface area contributed by atoms with Crippen molar-refractivity contribution in [2.75, 3.05) is 6.61 Å². The minimum atomic E-state index is -1.18. The Kier molecular flexibility index (Phi) is 3.60. The van der Waals surface area contributed by atoms with Crippen LogP contribution in [-0.2, 0) is 4.79 Å². The number of benzene rings is 1. The number of rotatable bonds is 5. The molecule has 0 fully saturated rings. The van der Waals surface area contributed by atoms with Gasteiger partial charge in [-0.3, -0.25) is 0 Å². The summed E-state index contributed by atoms with van der Waals surface area (Å²) < 4.78 is 14.8. The summed E-state index contributed by atoms with van der Waals surface area (Å²) in [5.74, 6) is -2.07. The molecule has 0 unspecified atom stereocenters. The number of aromatic hydroxyl groups is 1. The Morgan fingerprint density at radius 3 is 2.85 bits per heavy atom. The van der Waals surface area contributed by atoms with Crippen LogP contribution < -0.4 is 15.1 Å². The van der Waals surface area contributed by atoms with E-state index in [4.69, 9.17) is 19.0 Å². The van der Waals surface area contributed by atoms with Crippen molar-refractivity contribution in [3.8, 4) is 17.2 Å². The van der Waals surface area contributed by atoms with Crippen LogP contribution in [0.4, 0.5) is 0 Å². The maximum absolute atomic E-state index is 11.6. The fraction of sp³-hybridized carbons (Fsp3) is 0.0769.